The number of nitrogens with zero attached hydrogens (tertiary/aromatic N) is 1. The maximum atomic E-state index is 12.2. The second-order valence-corrected chi connectivity index (χ2v) is 6.52. The SMILES string of the molecule is CCC(C)(C)c1ccc(OO)c(NCC(=O)N2CCNCC2)c1. The number of hydrogen-bond donors (Lipinski definition) is 3. The van der Waals surface area contributed by atoms with Gasteiger partial charge in [-0.3, -0.25) is 4.79 Å². The molecule has 1 heterocycles. The lowest BCUT2D eigenvalue weighted by molar-refractivity contribution is -0.137. The standard InChI is InChI=1S/C17H27N3O3/c1-4-17(2,3)13-5-6-15(23-22)14(11-13)19-12-16(21)20-9-7-18-8-10-20/h5-6,11,18-19,22H,4,7-10,12H2,1-3H3. The fourth-order valence-electron chi connectivity index (χ4n) is 2.57. The topological polar surface area (TPSA) is 73.8 Å². The van der Waals surface area contributed by atoms with Crippen molar-refractivity contribution in [2.45, 2.75) is 32.6 Å². The van der Waals surface area contributed by atoms with Gasteiger partial charge in [0.05, 0.1) is 12.2 Å². The van der Waals surface area contributed by atoms with Crippen LogP contribution in [0.25, 0.3) is 0 Å². The molecule has 1 aliphatic heterocycles. The van der Waals surface area contributed by atoms with Gasteiger partial charge >= 0.3 is 0 Å². The number of piperazine rings is 1. The van der Waals surface area contributed by atoms with Crippen LogP contribution < -0.4 is 15.5 Å². The smallest absolute Gasteiger partial charge is 0.241 e. The fourth-order valence-corrected chi connectivity index (χ4v) is 2.57. The first-order valence-corrected chi connectivity index (χ1v) is 8.16. The van der Waals surface area contributed by atoms with Gasteiger partial charge in [-0.05, 0) is 29.5 Å². The van der Waals surface area contributed by atoms with E-state index < -0.39 is 0 Å². The summed E-state index contributed by atoms with van der Waals surface area (Å²) in [4.78, 5) is 18.5. The third kappa shape index (κ3) is 4.36. The lowest BCUT2D eigenvalue weighted by atomic mass is 9.82. The average Bonchev–Trinajstić information content (AvgIpc) is 2.60. The second-order valence-electron chi connectivity index (χ2n) is 6.52. The number of anilines is 1. The maximum absolute atomic E-state index is 12.2. The van der Waals surface area contributed by atoms with Gasteiger partial charge in [0, 0.05) is 26.2 Å². The van der Waals surface area contributed by atoms with Crippen molar-refractivity contribution in [1.29, 1.82) is 0 Å². The van der Waals surface area contributed by atoms with E-state index in [2.05, 4.69) is 36.3 Å². The van der Waals surface area contributed by atoms with Gasteiger partial charge in [0.1, 0.15) is 0 Å². The molecule has 0 aliphatic carbocycles. The Morgan fingerprint density at radius 2 is 2.09 bits per heavy atom. The van der Waals surface area contributed by atoms with Crippen LogP contribution in [0.3, 0.4) is 0 Å². The summed E-state index contributed by atoms with van der Waals surface area (Å²) < 4.78 is 0. The summed E-state index contributed by atoms with van der Waals surface area (Å²) in [6, 6.07) is 5.61. The van der Waals surface area contributed by atoms with Crippen LogP contribution in [-0.4, -0.2) is 48.8 Å². The van der Waals surface area contributed by atoms with Gasteiger partial charge in [0.2, 0.25) is 5.91 Å². The quantitative estimate of drug-likeness (QED) is 0.552. The van der Waals surface area contributed by atoms with E-state index >= 15 is 0 Å². The highest BCUT2D eigenvalue weighted by molar-refractivity contribution is 5.81. The minimum atomic E-state index is 0.0208. The summed E-state index contributed by atoms with van der Waals surface area (Å²) in [5.74, 6) is 0.379. The molecule has 6 heteroatoms. The number of carbonyl (C=O) groups is 1. The minimum Gasteiger partial charge on any atom is -0.373 e. The first kappa shape index (κ1) is 17.6. The molecule has 0 atom stereocenters. The normalized spacial score (nSPS) is 15.4. The fraction of sp³-hybridized carbons (Fsp3) is 0.588. The van der Waals surface area contributed by atoms with Crippen molar-refractivity contribution in [1.82, 2.24) is 10.2 Å². The van der Waals surface area contributed by atoms with Crippen LogP contribution in [0.1, 0.15) is 32.8 Å². The molecule has 0 unspecified atom stereocenters. The van der Waals surface area contributed by atoms with Crippen molar-refractivity contribution in [3.63, 3.8) is 0 Å². The largest absolute Gasteiger partial charge is 0.373 e. The van der Waals surface area contributed by atoms with Gasteiger partial charge < -0.3 is 20.4 Å². The van der Waals surface area contributed by atoms with E-state index in [-0.39, 0.29) is 17.9 Å². The first-order valence-electron chi connectivity index (χ1n) is 8.16. The molecule has 1 amide bonds. The molecule has 2 rings (SSSR count). The molecule has 1 aromatic rings. The zero-order chi connectivity index (χ0) is 16.9. The molecule has 0 aromatic heterocycles. The Kier molecular flexibility index (Phi) is 5.85. The summed E-state index contributed by atoms with van der Waals surface area (Å²) in [5, 5.41) is 15.4. The summed E-state index contributed by atoms with van der Waals surface area (Å²) in [5.41, 5.74) is 1.79. The van der Waals surface area contributed by atoms with Crippen molar-refractivity contribution >= 4 is 11.6 Å². The molecule has 0 bridgehead atoms. The molecule has 23 heavy (non-hydrogen) atoms. The number of nitrogens with one attached hydrogen (secondary N) is 2. The van der Waals surface area contributed by atoms with E-state index in [1.54, 1.807) is 6.07 Å². The van der Waals surface area contributed by atoms with Crippen LogP contribution in [0.4, 0.5) is 5.69 Å². The van der Waals surface area contributed by atoms with Crippen molar-refractivity contribution in [2.24, 2.45) is 0 Å². The van der Waals surface area contributed by atoms with Crippen LogP contribution in [-0.2, 0) is 10.2 Å². The van der Waals surface area contributed by atoms with Gasteiger partial charge in [-0.15, -0.1) is 0 Å². The molecule has 1 fully saturated rings. The van der Waals surface area contributed by atoms with Gasteiger partial charge in [0.15, 0.2) is 5.75 Å². The summed E-state index contributed by atoms with van der Waals surface area (Å²) >= 11 is 0. The zero-order valence-corrected chi connectivity index (χ0v) is 14.2. The number of carbonyl (C=O) groups excluding carboxylic acids is 1. The van der Waals surface area contributed by atoms with Gasteiger partial charge in [-0.1, -0.05) is 26.8 Å². The Bertz CT molecular complexity index is 540. The van der Waals surface area contributed by atoms with Crippen LogP contribution >= 0.6 is 0 Å². The molecule has 0 spiro atoms. The molecule has 1 aromatic carbocycles. The van der Waals surface area contributed by atoms with Crippen LogP contribution in [0.5, 0.6) is 5.75 Å². The van der Waals surface area contributed by atoms with Gasteiger partial charge in [-0.2, -0.15) is 0 Å². The zero-order valence-electron chi connectivity index (χ0n) is 14.2. The number of hydrogen-bond acceptors (Lipinski definition) is 5. The number of amides is 1. The second kappa shape index (κ2) is 7.66. The Hall–Kier alpha value is -1.79. The summed E-state index contributed by atoms with van der Waals surface area (Å²) in [6.45, 7) is 9.77. The first-order chi connectivity index (χ1) is 11.0. The average molecular weight is 321 g/mol. The van der Waals surface area contributed by atoms with E-state index in [0.29, 0.717) is 11.4 Å². The molecular weight excluding hydrogens is 294 g/mol. The highest BCUT2D eigenvalue weighted by atomic mass is 17.1. The van der Waals surface area contributed by atoms with E-state index in [1.807, 2.05) is 17.0 Å². The molecule has 0 saturated carbocycles. The minimum absolute atomic E-state index is 0.0208. The Labute approximate surface area is 137 Å². The molecule has 1 aliphatic rings. The van der Waals surface area contributed by atoms with Crippen LogP contribution in [0.15, 0.2) is 18.2 Å². The van der Waals surface area contributed by atoms with Gasteiger partial charge in [-0.25, -0.2) is 5.26 Å². The number of rotatable bonds is 6. The van der Waals surface area contributed by atoms with E-state index in [0.717, 1.165) is 38.2 Å². The van der Waals surface area contributed by atoms with Gasteiger partial charge in [0.25, 0.3) is 0 Å². The van der Waals surface area contributed by atoms with Crippen molar-refractivity contribution in [3.05, 3.63) is 23.8 Å². The summed E-state index contributed by atoms with van der Waals surface area (Å²) in [6.07, 6.45) is 0.992. The van der Waals surface area contributed by atoms with Crippen molar-refractivity contribution in [2.75, 3.05) is 38.0 Å². The van der Waals surface area contributed by atoms with Crippen molar-refractivity contribution < 1.29 is 14.9 Å². The van der Waals surface area contributed by atoms with E-state index in [4.69, 9.17) is 5.26 Å². The van der Waals surface area contributed by atoms with E-state index in [9.17, 15) is 4.79 Å². The Morgan fingerprint density at radius 3 is 2.70 bits per heavy atom. The molecule has 1 saturated heterocycles. The van der Waals surface area contributed by atoms with Crippen LogP contribution in [0, 0.1) is 0 Å². The third-order valence-corrected chi connectivity index (χ3v) is 4.64. The molecule has 3 N–H and O–H groups in total. The van der Waals surface area contributed by atoms with Crippen molar-refractivity contribution in [3.8, 4) is 5.75 Å². The lowest BCUT2D eigenvalue weighted by Crippen LogP contribution is -2.48. The molecular formula is C17H27N3O3. The maximum Gasteiger partial charge on any atom is 0.241 e. The van der Waals surface area contributed by atoms with Crippen LogP contribution in [0.2, 0.25) is 0 Å². The molecule has 128 valence electrons. The molecule has 0 radical (unpaired) electrons. The Balaban J connectivity index is 2.08. The third-order valence-electron chi connectivity index (χ3n) is 4.64. The van der Waals surface area contributed by atoms with E-state index in [1.165, 1.54) is 0 Å². The Morgan fingerprint density at radius 1 is 1.39 bits per heavy atom. The monoisotopic (exact) mass is 321 g/mol. The number of benzene rings is 1. The highest BCUT2D eigenvalue weighted by Gasteiger charge is 2.21. The highest BCUT2D eigenvalue weighted by Crippen LogP contribution is 2.33. The molecule has 6 nitrogen and oxygen atoms in total. The predicted molar refractivity (Wildman–Crippen MR) is 91.0 cm³/mol. The lowest BCUT2D eigenvalue weighted by Gasteiger charge is -2.28. The predicted octanol–water partition coefficient (Wildman–Crippen LogP) is 2.07. The summed E-state index contributed by atoms with van der Waals surface area (Å²) in [7, 11) is 0.